The van der Waals surface area contributed by atoms with Crippen molar-refractivity contribution in [2.75, 3.05) is 46.8 Å². The van der Waals surface area contributed by atoms with E-state index < -0.39 is 11.3 Å². The van der Waals surface area contributed by atoms with Crippen molar-refractivity contribution in [1.82, 2.24) is 4.90 Å². The van der Waals surface area contributed by atoms with E-state index in [0.717, 1.165) is 18.7 Å². The average molecular weight is 536 g/mol. The molecule has 7 heteroatoms. The molecule has 0 atom stereocenters. The van der Waals surface area contributed by atoms with Crippen LogP contribution in [0.3, 0.4) is 0 Å². The highest BCUT2D eigenvalue weighted by atomic mass is 32.2. The summed E-state index contributed by atoms with van der Waals surface area (Å²) in [4.78, 5) is 28.7. The monoisotopic (exact) mass is 535 g/mol. The molecule has 3 aromatic rings. The van der Waals surface area contributed by atoms with E-state index >= 15 is 0 Å². The van der Waals surface area contributed by atoms with Gasteiger partial charge in [-0.3, -0.25) is 14.5 Å². The molecule has 0 aromatic heterocycles. The lowest BCUT2D eigenvalue weighted by Crippen LogP contribution is -2.54. The van der Waals surface area contributed by atoms with Gasteiger partial charge in [-0.25, -0.2) is 0 Å². The second-order valence-corrected chi connectivity index (χ2v) is 10.2. The van der Waals surface area contributed by atoms with Crippen LogP contribution in [0.15, 0.2) is 89.8 Å². The SMILES string of the molecule is COC(OC)(C(=O)c1ccccc1)c1ccccc1.CSc1ccc(C(=O)C(C)(C)N2CCOCC2)cc1. The van der Waals surface area contributed by atoms with Gasteiger partial charge in [0.05, 0.1) is 18.8 Å². The summed E-state index contributed by atoms with van der Waals surface area (Å²) in [6, 6.07) is 26.1. The van der Waals surface area contributed by atoms with Gasteiger partial charge in [0.1, 0.15) is 0 Å². The molecule has 6 nitrogen and oxygen atoms in total. The molecule has 1 aliphatic heterocycles. The van der Waals surface area contributed by atoms with Crippen LogP contribution in [0.4, 0.5) is 0 Å². The van der Waals surface area contributed by atoms with E-state index in [-0.39, 0.29) is 11.6 Å². The van der Waals surface area contributed by atoms with E-state index in [0.29, 0.717) is 24.3 Å². The molecule has 0 spiro atoms. The zero-order valence-corrected chi connectivity index (χ0v) is 23.6. The summed E-state index contributed by atoms with van der Waals surface area (Å²) in [5.74, 6) is -1.44. The number of carbonyl (C=O) groups excluding carboxylic acids is 2. The molecule has 1 fully saturated rings. The van der Waals surface area contributed by atoms with Crippen molar-refractivity contribution in [1.29, 1.82) is 0 Å². The first-order chi connectivity index (χ1) is 18.3. The average Bonchev–Trinajstić information content (AvgIpc) is 2.99. The van der Waals surface area contributed by atoms with Crippen LogP contribution in [0.25, 0.3) is 0 Å². The highest BCUT2D eigenvalue weighted by molar-refractivity contribution is 7.98. The van der Waals surface area contributed by atoms with E-state index in [2.05, 4.69) is 4.90 Å². The highest BCUT2D eigenvalue weighted by Gasteiger charge is 2.41. The number of hydrogen-bond donors (Lipinski definition) is 0. The third-order valence-corrected chi connectivity index (χ3v) is 7.52. The van der Waals surface area contributed by atoms with Crippen LogP contribution in [0.2, 0.25) is 0 Å². The maximum Gasteiger partial charge on any atom is 0.260 e. The number of hydrogen-bond acceptors (Lipinski definition) is 7. The molecule has 4 rings (SSSR count). The van der Waals surface area contributed by atoms with Gasteiger partial charge >= 0.3 is 0 Å². The first-order valence-corrected chi connectivity index (χ1v) is 13.8. The topological polar surface area (TPSA) is 65.1 Å². The van der Waals surface area contributed by atoms with Crippen molar-refractivity contribution in [3.63, 3.8) is 0 Å². The summed E-state index contributed by atoms with van der Waals surface area (Å²) >= 11 is 1.69. The number of rotatable bonds is 9. The summed E-state index contributed by atoms with van der Waals surface area (Å²) in [5, 5.41) is 0. The molecule has 1 heterocycles. The zero-order chi connectivity index (χ0) is 27.6. The maximum atomic E-state index is 12.7. The second kappa shape index (κ2) is 13.8. The lowest BCUT2D eigenvalue weighted by Gasteiger charge is -2.39. The summed E-state index contributed by atoms with van der Waals surface area (Å²) < 4.78 is 16.2. The van der Waals surface area contributed by atoms with E-state index in [1.54, 1.807) is 23.9 Å². The third-order valence-electron chi connectivity index (χ3n) is 6.77. The number of Topliss-reactive ketones (excluding diaryl/α,β-unsaturated/α-hetero) is 2. The van der Waals surface area contributed by atoms with Crippen LogP contribution in [0.5, 0.6) is 0 Å². The lowest BCUT2D eigenvalue weighted by atomic mass is 9.91. The number of morpholine rings is 1. The Balaban J connectivity index is 0.000000211. The minimum Gasteiger partial charge on any atom is -0.379 e. The number of methoxy groups -OCH3 is 2. The van der Waals surface area contributed by atoms with Gasteiger partial charge in [-0.15, -0.1) is 11.8 Å². The number of thioether (sulfide) groups is 1. The van der Waals surface area contributed by atoms with Gasteiger partial charge in [0.15, 0.2) is 5.78 Å². The minimum absolute atomic E-state index is 0.182. The fraction of sp³-hybridized carbons (Fsp3) is 0.355. The third kappa shape index (κ3) is 6.79. The molecule has 0 radical (unpaired) electrons. The van der Waals surface area contributed by atoms with Crippen LogP contribution in [-0.2, 0) is 20.0 Å². The van der Waals surface area contributed by atoms with Gasteiger partial charge in [0.25, 0.3) is 5.79 Å². The fourth-order valence-electron chi connectivity index (χ4n) is 4.43. The number of benzene rings is 3. The van der Waals surface area contributed by atoms with Gasteiger partial charge in [0, 0.05) is 48.9 Å². The fourth-order valence-corrected chi connectivity index (χ4v) is 4.84. The molecule has 0 N–H and O–H groups in total. The molecule has 1 saturated heterocycles. The predicted molar refractivity (Wildman–Crippen MR) is 152 cm³/mol. The molecule has 3 aromatic carbocycles. The molecule has 0 unspecified atom stereocenters. The Morgan fingerprint density at radius 2 is 1.26 bits per heavy atom. The Bertz CT molecular complexity index is 1160. The largest absolute Gasteiger partial charge is 0.379 e. The first-order valence-electron chi connectivity index (χ1n) is 12.6. The normalized spacial score (nSPS) is 14.3. The van der Waals surface area contributed by atoms with E-state index in [1.165, 1.54) is 19.1 Å². The zero-order valence-electron chi connectivity index (χ0n) is 22.8. The summed E-state index contributed by atoms with van der Waals surface area (Å²) in [5.41, 5.74) is 1.54. The lowest BCUT2D eigenvalue weighted by molar-refractivity contribution is -0.176. The van der Waals surface area contributed by atoms with E-state index in [9.17, 15) is 9.59 Å². The first kappa shape index (κ1) is 29.7. The number of ketones is 2. The van der Waals surface area contributed by atoms with E-state index in [4.69, 9.17) is 14.2 Å². The van der Waals surface area contributed by atoms with Crippen molar-refractivity contribution < 1.29 is 23.8 Å². The Morgan fingerprint density at radius 3 is 1.76 bits per heavy atom. The minimum atomic E-state index is -1.40. The van der Waals surface area contributed by atoms with Gasteiger partial charge in [0.2, 0.25) is 5.78 Å². The Morgan fingerprint density at radius 1 is 0.763 bits per heavy atom. The Labute approximate surface area is 230 Å². The van der Waals surface area contributed by atoms with Gasteiger partial charge in [-0.2, -0.15) is 0 Å². The predicted octanol–water partition coefficient (Wildman–Crippen LogP) is 5.72. The molecular formula is C31H37NO5S. The molecule has 202 valence electrons. The van der Waals surface area contributed by atoms with Crippen LogP contribution < -0.4 is 0 Å². The molecular weight excluding hydrogens is 498 g/mol. The van der Waals surface area contributed by atoms with Crippen LogP contribution in [0.1, 0.15) is 40.1 Å². The van der Waals surface area contributed by atoms with Gasteiger partial charge in [-0.05, 0) is 32.2 Å². The Kier molecular flexibility index (Phi) is 10.8. The van der Waals surface area contributed by atoms with Crippen molar-refractivity contribution in [3.8, 4) is 0 Å². The molecule has 0 aliphatic carbocycles. The van der Waals surface area contributed by atoms with Gasteiger partial charge in [-0.1, -0.05) is 72.8 Å². The van der Waals surface area contributed by atoms with Crippen molar-refractivity contribution in [2.24, 2.45) is 0 Å². The van der Waals surface area contributed by atoms with Crippen molar-refractivity contribution in [3.05, 3.63) is 102 Å². The van der Waals surface area contributed by atoms with Crippen molar-refractivity contribution >= 4 is 23.3 Å². The molecule has 1 aliphatic rings. The number of nitrogens with zero attached hydrogens (tertiary/aromatic N) is 1. The standard InChI is InChI=1S/C16H16O3.C15H21NO2S/c1-18-16(19-2,14-11-7-4-8-12-14)15(17)13-9-5-3-6-10-13;1-15(2,16-8-10-18-11-9-16)14(17)12-4-6-13(19-3)7-5-12/h3-12H,1-2H3;4-7H,8-11H2,1-3H3. The van der Waals surface area contributed by atoms with Crippen LogP contribution in [0, 0.1) is 0 Å². The van der Waals surface area contributed by atoms with Gasteiger partial charge < -0.3 is 14.2 Å². The number of ether oxygens (including phenoxy) is 3. The molecule has 0 amide bonds. The van der Waals surface area contributed by atoms with E-state index in [1.807, 2.05) is 92.9 Å². The molecule has 0 saturated carbocycles. The van der Waals surface area contributed by atoms with Crippen LogP contribution >= 0.6 is 11.8 Å². The van der Waals surface area contributed by atoms with Crippen molar-refractivity contribution in [2.45, 2.75) is 30.1 Å². The Hall–Kier alpha value is -2.81. The second-order valence-electron chi connectivity index (χ2n) is 9.30. The maximum absolute atomic E-state index is 12.7. The molecule has 38 heavy (non-hydrogen) atoms. The number of carbonyl (C=O) groups is 2. The summed E-state index contributed by atoms with van der Waals surface area (Å²) in [7, 11) is 2.94. The quantitative estimate of drug-likeness (QED) is 0.197. The molecule has 0 bridgehead atoms. The smallest absolute Gasteiger partial charge is 0.260 e. The summed E-state index contributed by atoms with van der Waals surface area (Å²) in [6.45, 7) is 7.07. The van der Waals surface area contributed by atoms with Crippen LogP contribution in [-0.4, -0.2) is 68.8 Å². The summed E-state index contributed by atoms with van der Waals surface area (Å²) in [6.07, 6.45) is 2.04. The highest BCUT2D eigenvalue weighted by Crippen LogP contribution is 2.30.